The van der Waals surface area contributed by atoms with Crippen LogP contribution in [0.1, 0.15) is 45.6 Å². The summed E-state index contributed by atoms with van der Waals surface area (Å²) in [4.78, 5) is 25.5. The van der Waals surface area contributed by atoms with E-state index in [-0.39, 0.29) is 22.6 Å². The smallest absolute Gasteiger partial charge is 0.241 e. The second-order valence-electron chi connectivity index (χ2n) is 8.06. The molecular weight excluding hydrogens is 366 g/mol. The van der Waals surface area contributed by atoms with Crippen LogP contribution < -0.4 is 10.5 Å². The summed E-state index contributed by atoms with van der Waals surface area (Å²) in [5.41, 5.74) is 5.67. The summed E-state index contributed by atoms with van der Waals surface area (Å²) in [7, 11) is -3.56. The molecule has 1 aromatic carbocycles. The molecule has 1 heterocycles. The van der Waals surface area contributed by atoms with Gasteiger partial charge in [0.25, 0.3) is 0 Å². The van der Waals surface area contributed by atoms with E-state index in [2.05, 4.69) is 4.72 Å². The van der Waals surface area contributed by atoms with E-state index in [1.165, 1.54) is 0 Å². The van der Waals surface area contributed by atoms with Crippen molar-refractivity contribution < 1.29 is 18.0 Å². The maximum atomic E-state index is 12.3. The van der Waals surface area contributed by atoms with Crippen molar-refractivity contribution in [1.82, 2.24) is 9.62 Å². The molecule has 0 atom stereocenters. The first-order valence-corrected chi connectivity index (χ1v) is 10.7. The summed E-state index contributed by atoms with van der Waals surface area (Å²) in [6, 6.07) is 6.60. The molecule has 150 valence electrons. The van der Waals surface area contributed by atoms with Crippen molar-refractivity contribution in [1.29, 1.82) is 0 Å². The Labute approximate surface area is 161 Å². The Kier molecular flexibility index (Phi) is 6.64. The SMILES string of the molecule is CC(C)(C)NS(=O)(=O)c1ccc(CCC(=O)N2CCC(C(N)=O)CC2)cc1. The molecule has 0 radical (unpaired) electrons. The van der Waals surface area contributed by atoms with Crippen LogP contribution in [0.25, 0.3) is 0 Å². The lowest BCUT2D eigenvalue weighted by Gasteiger charge is -2.30. The monoisotopic (exact) mass is 395 g/mol. The van der Waals surface area contributed by atoms with E-state index in [0.717, 1.165) is 5.56 Å². The molecule has 2 amide bonds. The van der Waals surface area contributed by atoms with Gasteiger partial charge in [0, 0.05) is 31.0 Å². The summed E-state index contributed by atoms with van der Waals surface area (Å²) in [6.45, 7) is 6.48. The molecule has 0 aromatic heterocycles. The van der Waals surface area contributed by atoms with Gasteiger partial charge in [-0.25, -0.2) is 13.1 Å². The van der Waals surface area contributed by atoms with Crippen molar-refractivity contribution in [3.8, 4) is 0 Å². The van der Waals surface area contributed by atoms with Crippen molar-refractivity contribution in [3.63, 3.8) is 0 Å². The number of amides is 2. The molecule has 8 heteroatoms. The molecule has 27 heavy (non-hydrogen) atoms. The number of nitrogens with one attached hydrogen (secondary N) is 1. The number of likely N-dealkylation sites (tertiary alicyclic amines) is 1. The van der Waals surface area contributed by atoms with E-state index in [4.69, 9.17) is 5.73 Å². The first kappa shape index (κ1) is 21.4. The van der Waals surface area contributed by atoms with Crippen LogP contribution in [0.3, 0.4) is 0 Å². The molecule has 1 aliphatic heterocycles. The molecule has 1 fully saturated rings. The average molecular weight is 396 g/mol. The standard InChI is InChI=1S/C19H29N3O4S/c1-19(2,3)21-27(25,26)16-7-4-14(5-8-16)6-9-17(23)22-12-10-15(11-13-22)18(20)24/h4-5,7-8,15,21H,6,9-13H2,1-3H3,(H2,20,24). The number of benzene rings is 1. The van der Waals surface area contributed by atoms with Crippen LogP contribution in [0.15, 0.2) is 29.2 Å². The van der Waals surface area contributed by atoms with Crippen LogP contribution in [-0.4, -0.2) is 43.8 Å². The third-order valence-electron chi connectivity index (χ3n) is 4.55. The quantitative estimate of drug-likeness (QED) is 0.759. The zero-order valence-corrected chi connectivity index (χ0v) is 17.0. The van der Waals surface area contributed by atoms with E-state index in [0.29, 0.717) is 38.8 Å². The zero-order valence-electron chi connectivity index (χ0n) is 16.2. The van der Waals surface area contributed by atoms with Crippen molar-refractivity contribution in [2.75, 3.05) is 13.1 Å². The minimum Gasteiger partial charge on any atom is -0.369 e. The van der Waals surface area contributed by atoms with Gasteiger partial charge in [-0.15, -0.1) is 0 Å². The summed E-state index contributed by atoms with van der Waals surface area (Å²) >= 11 is 0. The third-order valence-corrected chi connectivity index (χ3v) is 6.33. The number of nitrogens with two attached hydrogens (primary N) is 1. The number of rotatable bonds is 6. The summed E-state index contributed by atoms with van der Waals surface area (Å²) in [5, 5.41) is 0. The number of primary amides is 1. The van der Waals surface area contributed by atoms with Gasteiger partial charge >= 0.3 is 0 Å². The van der Waals surface area contributed by atoms with Gasteiger partial charge in [-0.1, -0.05) is 12.1 Å². The lowest BCUT2D eigenvalue weighted by Crippen LogP contribution is -2.41. The van der Waals surface area contributed by atoms with E-state index >= 15 is 0 Å². The molecule has 2 rings (SSSR count). The largest absolute Gasteiger partial charge is 0.369 e. The van der Waals surface area contributed by atoms with Gasteiger partial charge in [0.1, 0.15) is 0 Å². The van der Waals surface area contributed by atoms with Crippen molar-refractivity contribution in [2.45, 2.75) is 56.9 Å². The van der Waals surface area contributed by atoms with Crippen LogP contribution in [0.4, 0.5) is 0 Å². The fourth-order valence-electron chi connectivity index (χ4n) is 3.12. The number of sulfonamides is 1. The molecule has 1 aliphatic rings. The third kappa shape index (κ3) is 6.32. The lowest BCUT2D eigenvalue weighted by atomic mass is 9.96. The average Bonchev–Trinajstić information content (AvgIpc) is 2.58. The zero-order chi connectivity index (χ0) is 20.2. The highest BCUT2D eigenvalue weighted by molar-refractivity contribution is 7.89. The van der Waals surface area contributed by atoms with Gasteiger partial charge in [0.2, 0.25) is 21.8 Å². The lowest BCUT2D eigenvalue weighted by molar-refractivity contribution is -0.134. The highest BCUT2D eigenvalue weighted by Crippen LogP contribution is 2.19. The number of aryl methyl sites for hydroxylation is 1. The Morgan fingerprint density at radius 2 is 1.70 bits per heavy atom. The molecule has 0 saturated carbocycles. The number of hydrogen-bond donors (Lipinski definition) is 2. The molecule has 3 N–H and O–H groups in total. The minimum atomic E-state index is -3.56. The first-order chi connectivity index (χ1) is 12.5. The number of carbonyl (C=O) groups excluding carboxylic acids is 2. The van der Waals surface area contributed by atoms with Crippen LogP contribution in [0.2, 0.25) is 0 Å². The maximum Gasteiger partial charge on any atom is 0.241 e. The number of piperidine rings is 1. The van der Waals surface area contributed by atoms with Crippen molar-refractivity contribution >= 4 is 21.8 Å². The van der Waals surface area contributed by atoms with Gasteiger partial charge in [-0.3, -0.25) is 9.59 Å². The Bertz CT molecular complexity index is 774. The predicted octanol–water partition coefficient (Wildman–Crippen LogP) is 1.42. The van der Waals surface area contributed by atoms with Crippen LogP contribution >= 0.6 is 0 Å². The molecule has 0 aliphatic carbocycles. The van der Waals surface area contributed by atoms with Gasteiger partial charge in [-0.2, -0.15) is 0 Å². The first-order valence-electron chi connectivity index (χ1n) is 9.18. The summed E-state index contributed by atoms with van der Waals surface area (Å²) in [5.74, 6) is -0.382. The van der Waals surface area contributed by atoms with E-state index < -0.39 is 15.6 Å². The Hall–Kier alpha value is -1.93. The Morgan fingerprint density at radius 1 is 1.15 bits per heavy atom. The Morgan fingerprint density at radius 3 is 2.19 bits per heavy atom. The van der Waals surface area contributed by atoms with Crippen LogP contribution in [0.5, 0.6) is 0 Å². The molecule has 1 aromatic rings. The highest BCUT2D eigenvalue weighted by atomic mass is 32.2. The van der Waals surface area contributed by atoms with E-state index in [1.54, 1.807) is 49.9 Å². The van der Waals surface area contributed by atoms with E-state index in [1.807, 2.05) is 0 Å². The molecule has 0 bridgehead atoms. The van der Waals surface area contributed by atoms with E-state index in [9.17, 15) is 18.0 Å². The van der Waals surface area contributed by atoms with Gasteiger partial charge in [0.05, 0.1) is 4.90 Å². The van der Waals surface area contributed by atoms with Gasteiger partial charge in [-0.05, 0) is 57.7 Å². The second-order valence-corrected chi connectivity index (χ2v) is 9.74. The minimum absolute atomic E-state index is 0.0454. The number of hydrogen-bond acceptors (Lipinski definition) is 4. The summed E-state index contributed by atoms with van der Waals surface area (Å²) in [6.07, 6.45) is 2.14. The molecule has 0 unspecified atom stereocenters. The molecular formula is C19H29N3O4S. The maximum absolute atomic E-state index is 12.3. The topological polar surface area (TPSA) is 110 Å². The normalized spacial score (nSPS) is 16.3. The number of carbonyl (C=O) groups is 2. The van der Waals surface area contributed by atoms with Gasteiger partial charge < -0.3 is 10.6 Å². The van der Waals surface area contributed by atoms with Crippen molar-refractivity contribution in [3.05, 3.63) is 29.8 Å². The summed E-state index contributed by atoms with van der Waals surface area (Å²) < 4.78 is 27.2. The highest BCUT2D eigenvalue weighted by Gasteiger charge is 2.25. The molecule has 7 nitrogen and oxygen atoms in total. The second kappa shape index (κ2) is 8.39. The van der Waals surface area contributed by atoms with Crippen LogP contribution in [0, 0.1) is 5.92 Å². The fraction of sp³-hybridized carbons (Fsp3) is 0.579. The van der Waals surface area contributed by atoms with Gasteiger partial charge in [0.15, 0.2) is 0 Å². The fourth-order valence-corrected chi connectivity index (χ4v) is 4.54. The Balaban J connectivity index is 1.88. The molecule has 1 saturated heterocycles. The molecule has 0 spiro atoms. The predicted molar refractivity (Wildman–Crippen MR) is 103 cm³/mol. The van der Waals surface area contributed by atoms with Crippen molar-refractivity contribution in [2.24, 2.45) is 11.7 Å². The number of nitrogens with zero attached hydrogens (tertiary/aromatic N) is 1. The van der Waals surface area contributed by atoms with Crippen LogP contribution in [-0.2, 0) is 26.0 Å².